The van der Waals surface area contributed by atoms with Crippen LogP contribution in [0.1, 0.15) is 17.3 Å². The summed E-state index contributed by atoms with van der Waals surface area (Å²) in [6, 6.07) is 8.91. The molecular formula is C16H15N3O2. The third-order valence-corrected chi connectivity index (χ3v) is 3.47. The summed E-state index contributed by atoms with van der Waals surface area (Å²) < 4.78 is 0. The third-order valence-electron chi connectivity index (χ3n) is 3.47. The van der Waals surface area contributed by atoms with E-state index in [1.807, 2.05) is 18.3 Å². The Balaban J connectivity index is 2.27. The van der Waals surface area contributed by atoms with Crippen LogP contribution in [0.3, 0.4) is 0 Å². The molecule has 3 aromatic rings. The number of rotatable bonds is 3. The molecule has 1 aromatic carbocycles. The molecule has 2 aromatic heterocycles. The quantitative estimate of drug-likeness (QED) is 0.644. The van der Waals surface area contributed by atoms with Gasteiger partial charge in [0.1, 0.15) is 17.2 Å². The molecule has 21 heavy (non-hydrogen) atoms. The van der Waals surface area contributed by atoms with Crippen LogP contribution in [0.25, 0.3) is 22.2 Å². The number of ketones is 1. The SMILES string of the molecule is CNc1cc(-c2ccc(O)c(C(C)=O)c2)c2cc[nH]c2n1. The molecule has 0 radical (unpaired) electrons. The van der Waals surface area contributed by atoms with Crippen molar-refractivity contribution in [3.8, 4) is 16.9 Å². The van der Waals surface area contributed by atoms with Crippen LogP contribution in [0.5, 0.6) is 5.75 Å². The van der Waals surface area contributed by atoms with Crippen LogP contribution >= 0.6 is 0 Å². The Kier molecular flexibility index (Phi) is 3.10. The molecule has 3 rings (SSSR count). The number of carbonyl (C=O) groups is 1. The van der Waals surface area contributed by atoms with Crippen LogP contribution in [0.15, 0.2) is 36.5 Å². The molecule has 3 N–H and O–H groups in total. The molecule has 0 amide bonds. The van der Waals surface area contributed by atoms with Gasteiger partial charge in [-0.05, 0) is 42.3 Å². The van der Waals surface area contributed by atoms with Crippen molar-refractivity contribution < 1.29 is 9.90 Å². The van der Waals surface area contributed by atoms with E-state index in [1.165, 1.54) is 6.92 Å². The maximum atomic E-state index is 11.6. The zero-order valence-electron chi connectivity index (χ0n) is 11.8. The average Bonchev–Trinajstić information content (AvgIpc) is 2.94. The van der Waals surface area contributed by atoms with Crippen molar-refractivity contribution in [1.29, 1.82) is 0 Å². The number of aromatic nitrogens is 2. The number of carbonyl (C=O) groups excluding carboxylic acids is 1. The van der Waals surface area contributed by atoms with Gasteiger partial charge in [0.2, 0.25) is 0 Å². The Morgan fingerprint density at radius 1 is 1.29 bits per heavy atom. The maximum Gasteiger partial charge on any atom is 0.163 e. The van der Waals surface area contributed by atoms with Gasteiger partial charge in [-0.2, -0.15) is 0 Å². The summed E-state index contributed by atoms with van der Waals surface area (Å²) in [5.41, 5.74) is 2.91. The van der Waals surface area contributed by atoms with E-state index in [2.05, 4.69) is 15.3 Å². The highest BCUT2D eigenvalue weighted by Gasteiger charge is 2.12. The van der Waals surface area contributed by atoms with Gasteiger partial charge in [0.05, 0.1) is 5.56 Å². The summed E-state index contributed by atoms with van der Waals surface area (Å²) in [4.78, 5) is 19.1. The van der Waals surface area contributed by atoms with Crippen molar-refractivity contribution in [2.24, 2.45) is 0 Å². The molecule has 0 saturated heterocycles. The van der Waals surface area contributed by atoms with Crippen molar-refractivity contribution in [3.05, 3.63) is 42.1 Å². The zero-order chi connectivity index (χ0) is 15.0. The minimum absolute atomic E-state index is 0.000501. The standard InChI is InChI=1S/C16H15N3O2/c1-9(20)12-7-10(3-4-14(12)21)13-8-15(17-2)19-16-11(13)5-6-18-16/h3-8,21H,1-2H3,(H2,17,18,19). The smallest absolute Gasteiger partial charge is 0.163 e. The number of pyridine rings is 1. The second kappa shape index (κ2) is 4.94. The lowest BCUT2D eigenvalue weighted by Crippen LogP contribution is -1.96. The number of Topliss-reactive ketones (excluding diaryl/α,β-unsaturated/α-hetero) is 1. The highest BCUT2D eigenvalue weighted by molar-refractivity contribution is 6.00. The molecule has 0 aliphatic heterocycles. The van der Waals surface area contributed by atoms with Crippen molar-refractivity contribution in [1.82, 2.24) is 9.97 Å². The van der Waals surface area contributed by atoms with E-state index in [0.29, 0.717) is 5.56 Å². The number of nitrogens with zero attached hydrogens (tertiary/aromatic N) is 1. The minimum Gasteiger partial charge on any atom is -0.507 e. The normalized spacial score (nSPS) is 10.8. The number of anilines is 1. The van der Waals surface area contributed by atoms with Crippen LogP contribution in [0.4, 0.5) is 5.82 Å². The van der Waals surface area contributed by atoms with E-state index in [1.54, 1.807) is 25.2 Å². The number of benzene rings is 1. The second-order valence-corrected chi connectivity index (χ2v) is 4.83. The van der Waals surface area contributed by atoms with E-state index < -0.39 is 0 Å². The molecule has 0 fully saturated rings. The van der Waals surface area contributed by atoms with Crippen LogP contribution in [0.2, 0.25) is 0 Å². The van der Waals surface area contributed by atoms with Gasteiger partial charge >= 0.3 is 0 Å². The number of phenolic OH excluding ortho intramolecular Hbond substituents is 1. The first-order chi connectivity index (χ1) is 10.1. The Bertz CT molecular complexity index is 837. The maximum absolute atomic E-state index is 11.6. The number of fused-ring (bicyclic) bond motifs is 1. The largest absolute Gasteiger partial charge is 0.507 e. The van der Waals surface area contributed by atoms with Crippen LogP contribution in [-0.2, 0) is 0 Å². The summed E-state index contributed by atoms with van der Waals surface area (Å²) in [5, 5.41) is 13.8. The highest BCUT2D eigenvalue weighted by Crippen LogP contribution is 2.32. The fourth-order valence-corrected chi connectivity index (χ4v) is 2.39. The van der Waals surface area contributed by atoms with E-state index in [4.69, 9.17) is 0 Å². The summed E-state index contributed by atoms with van der Waals surface area (Å²) in [6.45, 7) is 1.44. The van der Waals surface area contributed by atoms with Crippen molar-refractivity contribution in [2.45, 2.75) is 6.92 Å². The summed E-state index contributed by atoms with van der Waals surface area (Å²) in [7, 11) is 1.80. The number of nitrogens with one attached hydrogen (secondary N) is 2. The van der Waals surface area contributed by atoms with Gasteiger partial charge in [-0.25, -0.2) is 4.98 Å². The summed E-state index contributed by atoms with van der Waals surface area (Å²) in [5.74, 6) is 0.569. The molecule has 0 saturated carbocycles. The zero-order valence-corrected chi connectivity index (χ0v) is 11.8. The van der Waals surface area contributed by atoms with Crippen molar-refractivity contribution >= 4 is 22.6 Å². The van der Waals surface area contributed by atoms with Gasteiger partial charge in [-0.15, -0.1) is 0 Å². The van der Waals surface area contributed by atoms with Gasteiger partial charge in [0.25, 0.3) is 0 Å². The molecule has 0 unspecified atom stereocenters. The van der Waals surface area contributed by atoms with Crippen LogP contribution in [-0.4, -0.2) is 27.9 Å². The second-order valence-electron chi connectivity index (χ2n) is 4.83. The molecule has 0 aliphatic carbocycles. The van der Waals surface area contributed by atoms with Gasteiger partial charge in [0, 0.05) is 18.6 Å². The number of H-pyrrole nitrogens is 1. The Morgan fingerprint density at radius 2 is 2.10 bits per heavy atom. The van der Waals surface area contributed by atoms with Gasteiger partial charge in [0.15, 0.2) is 5.78 Å². The summed E-state index contributed by atoms with van der Waals surface area (Å²) in [6.07, 6.45) is 1.83. The van der Waals surface area contributed by atoms with E-state index in [-0.39, 0.29) is 11.5 Å². The lowest BCUT2D eigenvalue weighted by atomic mass is 9.99. The lowest BCUT2D eigenvalue weighted by molar-refractivity contribution is 0.101. The molecule has 0 atom stereocenters. The predicted octanol–water partition coefficient (Wildman–Crippen LogP) is 3.18. The predicted molar refractivity (Wildman–Crippen MR) is 82.7 cm³/mol. The van der Waals surface area contributed by atoms with Gasteiger partial charge in [-0.1, -0.05) is 6.07 Å². The molecule has 106 valence electrons. The molecular weight excluding hydrogens is 266 g/mol. The van der Waals surface area contributed by atoms with Gasteiger partial charge in [-0.3, -0.25) is 4.79 Å². The lowest BCUT2D eigenvalue weighted by Gasteiger charge is -2.09. The van der Waals surface area contributed by atoms with E-state index in [0.717, 1.165) is 28.0 Å². The molecule has 0 aliphatic rings. The molecule has 5 nitrogen and oxygen atoms in total. The monoisotopic (exact) mass is 281 g/mol. The average molecular weight is 281 g/mol. The molecule has 5 heteroatoms. The highest BCUT2D eigenvalue weighted by atomic mass is 16.3. The van der Waals surface area contributed by atoms with Crippen LogP contribution < -0.4 is 5.32 Å². The Hall–Kier alpha value is -2.82. The van der Waals surface area contributed by atoms with E-state index in [9.17, 15) is 9.90 Å². The molecule has 0 bridgehead atoms. The fraction of sp³-hybridized carbons (Fsp3) is 0.125. The van der Waals surface area contributed by atoms with Crippen molar-refractivity contribution in [2.75, 3.05) is 12.4 Å². The minimum atomic E-state index is -0.164. The first-order valence-corrected chi connectivity index (χ1v) is 6.60. The Morgan fingerprint density at radius 3 is 2.81 bits per heavy atom. The van der Waals surface area contributed by atoms with E-state index >= 15 is 0 Å². The number of phenols is 1. The first-order valence-electron chi connectivity index (χ1n) is 6.60. The number of aromatic amines is 1. The third kappa shape index (κ3) is 2.23. The Labute approximate surface area is 121 Å². The first kappa shape index (κ1) is 13.2. The topological polar surface area (TPSA) is 78.0 Å². The fourth-order valence-electron chi connectivity index (χ4n) is 2.39. The van der Waals surface area contributed by atoms with Gasteiger partial charge < -0.3 is 15.4 Å². The van der Waals surface area contributed by atoms with Crippen molar-refractivity contribution in [3.63, 3.8) is 0 Å². The molecule has 0 spiro atoms. The summed E-state index contributed by atoms with van der Waals surface area (Å²) >= 11 is 0. The van der Waals surface area contributed by atoms with Crippen LogP contribution in [0, 0.1) is 0 Å². The number of aromatic hydroxyl groups is 1. The number of hydrogen-bond donors (Lipinski definition) is 3. The molecule has 2 heterocycles. The number of hydrogen-bond acceptors (Lipinski definition) is 4.